The Kier molecular flexibility index (Phi) is 6.92. The molecule has 1 aromatic carbocycles. The van der Waals surface area contributed by atoms with Gasteiger partial charge in [-0.1, -0.05) is 0 Å². The molecule has 1 atom stereocenters. The van der Waals surface area contributed by atoms with Crippen molar-refractivity contribution in [3.63, 3.8) is 0 Å². The molecule has 0 fully saturated rings. The van der Waals surface area contributed by atoms with Gasteiger partial charge >= 0.3 is 0 Å². The first-order valence-corrected chi connectivity index (χ1v) is 6.53. The van der Waals surface area contributed by atoms with Crippen molar-refractivity contribution in [3.05, 3.63) is 29.8 Å². The molecule has 3 N–H and O–H groups in total. The lowest BCUT2D eigenvalue weighted by Crippen LogP contribution is -2.34. The van der Waals surface area contributed by atoms with E-state index < -0.39 is 0 Å². The second-order valence-corrected chi connectivity index (χ2v) is 4.27. The molecule has 1 unspecified atom stereocenters. The Morgan fingerprint density at radius 3 is 2.58 bits per heavy atom. The van der Waals surface area contributed by atoms with Gasteiger partial charge in [0.15, 0.2) is 0 Å². The van der Waals surface area contributed by atoms with Crippen molar-refractivity contribution < 1.29 is 14.6 Å². The van der Waals surface area contributed by atoms with Gasteiger partial charge in [0.1, 0.15) is 5.75 Å². The molecule has 19 heavy (non-hydrogen) atoms. The third-order valence-electron chi connectivity index (χ3n) is 2.45. The average Bonchev–Trinajstić information content (AvgIpc) is 2.39. The van der Waals surface area contributed by atoms with Crippen molar-refractivity contribution in [1.29, 1.82) is 0 Å². The summed E-state index contributed by atoms with van der Waals surface area (Å²) in [5, 5.41) is 14.9. The molecule has 1 aromatic rings. The first-order valence-electron chi connectivity index (χ1n) is 6.53. The Morgan fingerprint density at radius 1 is 1.32 bits per heavy atom. The fourth-order valence-corrected chi connectivity index (χ4v) is 1.55. The number of hydrogen-bond donors (Lipinski definition) is 3. The number of hydrogen-bond acceptors (Lipinski definition) is 4. The van der Waals surface area contributed by atoms with Gasteiger partial charge < -0.3 is 20.5 Å². The number of ether oxygens (including phenoxy) is 1. The third kappa shape index (κ3) is 6.22. The molecule has 0 bridgehead atoms. The normalized spacial score (nSPS) is 11.9. The van der Waals surface area contributed by atoms with E-state index >= 15 is 0 Å². The summed E-state index contributed by atoms with van der Waals surface area (Å²) in [7, 11) is 0. The Balaban J connectivity index is 2.29. The zero-order chi connectivity index (χ0) is 14.1. The Bertz CT molecular complexity index is 377. The number of aliphatic hydroxyl groups is 1. The minimum atomic E-state index is -0.373. The van der Waals surface area contributed by atoms with Gasteiger partial charge in [-0.05, 0) is 38.1 Å². The highest BCUT2D eigenvalue weighted by Crippen LogP contribution is 2.11. The van der Waals surface area contributed by atoms with E-state index in [0.717, 1.165) is 5.75 Å². The van der Waals surface area contributed by atoms with Crippen LogP contribution in [0.5, 0.6) is 5.75 Å². The first kappa shape index (κ1) is 15.5. The largest absolute Gasteiger partial charge is 0.494 e. The van der Waals surface area contributed by atoms with Crippen molar-refractivity contribution >= 4 is 5.91 Å². The van der Waals surface area contributed by atoms with Crippen LogP contribution in [0.1, 0.15) is 24.2 Å². The van der Waals surface area contributed by atoms with Crippen LogP contribution in [-0.2, 0) is 0 Å². The van der Waals surface area contributed by atoms with E-state index in [9.17, 15) is 4.79 Å². The molecule has 106 valence electrons. The van der Waals surface area contributed by atoms with Crippen LogP contribution in [-0.4, -0.2) is 43.4 Å². The van der Waals surface area contributed by atoms with E-state index in [-0.39, 0.29) is 12.0 Å². The average molecular weight is 266 g/mol. The molecule has 0 radical (unpaired) electrons. The summed E-state index contributed by atoms with van der Waals surface area (Å²) >= 11 is 0. The molecular formula is C14H22N2O3. The molecule has 1 amide bonds. The van der Waals surface area contributed by atoms with Gasteiger partial charge in [0.2, 0.25) is 0 Å². The van der Waals surface area contributed by atoms with Crippen LogP contribution >= 0.6 is 0 Å². The highest BCUT2D eigenvalue weighted by Gasteiger charge is 2.04. The molecule has 0 aliphatic carbocycles. The molecular weight excluding hydrogens is 244 g/mol. The summed E-state index contributed by atoms with van der Waals surface area (Å²) in [5.41, 5.74) is 0.610. The van der Waals surface area contributed by atoms with Gasteiger partial charge in [-0.3, -0.25) is 4.79 Å². The lowest BCUT2D eigenvalue weighted by Gasteiger charge is -2.08. The smallest absolute Gasteiger partial charge is 0.251 e. The van der Waals surface area contributed by atoms with Crippen LogP contribution in [0.4, 0.5) is 0 Å². The van der Waals surface area contributed by atoms with E-state index in [1.807, 2.05) is 6.92 Å². The molecule has 1 rings (SSSR count). The highest BCUT2D eigenvalue weighted by molar-refractivity contribution is 5.94. The summed E-state index contributed by atoms with van der Waals surface area (Å²) in [6.07, 6.45) is -0.373. The molecule has 0 saturated heterocycles. The maximum atomic E-state index is 11.8. The Labute approximate surface area is 114 Å². The molecule has 0 spiro atoms. The van der Waals surface area contributed by atoms with Crippen LogP contribution in [0.15, 0.2) is 24.3 Å². The fourth-order valence-electron chi connectivity index (χ4n) is 1.55. The molecule has 0 aromatic heterocycles. The van der Waals surface area contributed by atoms with Crippen LogP contribution in [0.25, 0.3) is 0 Å². The van der Waals surface area contributed by atoms with Gasteiger partial charge in [-0.15, -0.1) is 0 Å². The van der Waals surface area contributed by atoms with Gasteiger partial charge in [-0.25, -0.2) is 0 Å². The molecule has 0 heterocycles. The Hall–Kier alpha value is -1.59. The van der Waals surface area contributed by atoms with E-state index in [4.69, 9.17) is 9.84 Å². The minimum absolute atomic E-state index is 0.109. The molecule has 5 nitrogen and oxygen atoms in total. The maximum absolute atomic E-state index is 11.8. The van der Waals surface area contributed by atoms with E-state index in [1.165, 1.54) is 0 Å². The Morgan fingerprint density at radius 2 is 2.00 bits per heavy atom. The number of benzene rings is 1. The van der Waals surface area contributed by atoms with Crippen molar-refractivity contribution in [3.8, 4) is 5.75 Å². The molecule has 0 aliphatic heterocycles. The van der Waals surface area contributed by atoms with E-state index in [1.54, 1.807) is 31.2 Å². The first-order chi connectivity index (χ1) is 9.13. The van der Waals surface area contributed by atoms with Crippen LogP contribution in [0.3, 0.4) is 0 Å². The van der Waals surface area contributed by atoms with Gasteiger partial charge in [-0.2, -0.15) is 0 Å². The van der Waals surface area contributed by atoms with E-state index in [0.29, 0.717) is 31.8 Å². The molecule has 5 heteroatoms. The summed E-state index contributed by atoms with van der Waals surface area (Å²) in [6, 6.07) is 7.04. The van der Waals surface area contributed by atoms with Crippen LogP contribution in [0.2, 0.25) is 0 Å². The number of amides is 1. The lowest BCUT2D eigenvalue weighted by molar-refractivity contribution is 0.0953. The van der Waals surface area contributed by atoms with Crippen LogP contribution < -0.4 is 15.4 Å². The van der Waals surface area contributed by atoms with Crippen molar-refractivity contribution in [2.75, 3.05) is 26.2 Å². The summed E-state index contributed by atoms with van der Waals surface area (Å²) in [6.45, 7) is 5.93. The number of carbonyl (C=O) groups is 1. The second kappa shape index (κ2) is 8.50. The fraction of sp³-hybridized carbons (Fsp3) is 0.500. The maximum Gasteiger partial charge on any atom is 0.251 e. The van der Waals surface area contributed by atoms with Crippen LogP contribution in [0, 0.1) is 0 Å². The predicted octanol–water partition coefficient (Wildman–Crippen LogP) is 0.785. The van der Waals surface area contributed by atoms with Gasteiger partial charge in [0, 0.05) is 25.2 Å². The number of carbonyl (C=O) groups excluding carboxylic acids is 1. The van der Waals surface area contributed by atoms with Crippen molar-refractivity contribution in [2.24, 2.45) is 0 Å². The third-order valence-corrected chi connectivity index (χ3v) is 2.45. The summed E-state index contributed by atoms with van der Waals surface area (Å²) < 4.78 is 5.31. The van der Waals surface area contributed by atoms with Crippen molar-refractivity contribution in [2.45, 2.75) is 20.0 Å². The summed E-state index contributed by atoms with van der Waals surface area (Å²) in [5.74, 6) is 0.652. The van der Waals surface area contributed by atoms with Crippen molar-refractivity contribution in [1.82, 2.24) is 10.6 Å². The number of aliphatic hydroxyl groups excluding tert-OH is 1. The predicted molar refractivity (Wildman–Crippen MR) is 74.5 cm³/mol. The number of nitrogens with one attached hydrogen (secondary N) is 2. The molecule has 0 aliphatic rings. The van der Waals surface area contributed by atoms with Gasteiger partial charge in [0.05, 0.1) is 12.7 Å². The minimum Gasteiger partial charge on any atom is -0.494 e. The highest BCUT2D eigenvalue weighted by atomic mass is 16.5. The number of rotatable bonds is 8. The zero-order valence-corrected chi connectivity index (χ0v) is 11.5. The second-order valence-electron chi connectivity index (χ2n) is 4.27. The quantitative estimate of drug-likeness (QED) is 0.608. The monoisotopic (exact) mass is 266 g/mol. The molecule has 0 saturated carbocycles. The SMILES string of the molecule is CCOc1ccc(C(=O)NCCNCC(C)O)cc1. The zero-order valence-electron chi connectivity index (χ0n) is 11.5. The summed E-state index contributed by atoms with van der Waals surface area (Å²) in [4.78, 5) is 11.8. The topological polar surface area (TPSA) is 70.6 Å². The van der Waals surface area contributed by atoms with E-state index in [2.05, 4.69) is 10.6 Å². The standard InChI is InChI=1S/C14H22N2O3/c1-3-19-13-6-4-12(5-7-13)14(18)16-9-8-15-10-11(2)17/h4-7,11,15,17H,3,8-10H2,1-2H3,(H,16,18). The van der Waals surface area contributed by atoms with Gasteiger partial charge in [0.25, 0.3) is 5.91 Å². The lowest BCUT2D eigenvalue weighted by atomic mass is 10.2.